The fraction of sp³-hybridized carbons (Fsp3) is 0.370. The lowest BCUT2D eigenvalue weighted by molar-refractivity contribution is -0.207. The van der Waals surface area contributed by atoms with Crippen molar-refractivity contribution >= 4 is 28.4 Å². The number of halogens is 3. The molecule has 1 atom stereocenters. The second kappa shape index (κ2) is 10.3. The molecule has 3 aromatic rings. The van der Waals surface area contributed by atoms with Crippen LogP contribution in [0.3, 0.4) is 0 Å². The smallest absolute Gasteiger partial charge is 0.383 e. The van der Waals surface area contributed by atoms with Crippen LogP contribution in [0, 0.1) is 18.3 Å². The first-order valence-electron chi connectivity index (χ1n) is 11.9. The standard InChI is InChI=1S/C27H27F3N4O3/c1-16-21(32-26(37)19-5-3-4-17(12-19)14-31)6-7-22-25(16)20(15-33(22)2)18-8-10-34(11-9-18)24(36)13-23(35)27(28,29)30/h3-7,12,15,18,23,35H,8-11,13H2,1-2H3,(H,32,37)/t23-/m1/s1. The van der Waals surface area contributed by atoms with Gasteiger partial charge in [0.25, 0.3) is 5.91 Å². The number of amides is 2. The van der Waals surface area contributed by atoms with Crippen molar-refractivity contribution in [1.82, 2.24) is 9.47 Å². The zero-order valence-corrected chi connectivity index (χ0v) is 20.5. The Hall–Kier alpha value is -3.84. The predicted octanol–water partition coefficient (Wildman–Crippen LogP) is 4.63. The minimum atomic E-state index is -4.82. The number of aliphatic hydroxyl groups excluding tert-OH is 1. The first-order valence-corrected chi connectivity index (χ1v) is 11.9. The number of nitriles is 1. The lowest BCUT2D eigenvalue weighted by Gasteiger charge is -2.33. The number of anilines is 1. The van der Waals surface area contributed by atoms with Gasteiger partial charge in [0.2, 0.25) is 5.91 Å². The van der Waals surface area contributed by atoms with Gasteiger partial charge in [-0.05, 0) is 67.1 Å². The van der Waals surface area contributed by atoms with Crippen LogP contribution in [0.4, 0.5) is 18.9 Å². The molecule has 2 aromatic carbocycles. The third-order valence-corrected chi connectivity index (χ3v) is 6.98. The van der Waals surface area contributed by atoms with Crippen molar-refractivity contribution in [3.05, 3.63) is 64.8 Å². The Morgan fingerprint density at radius 3 is 2.57 bits per heavy atom. The molecule has 1 aromatic heterocycles. The van der Waals surface area contributed by atoms with Crippen LogP contribution in [0.25, 0.3) is 10.9 Å². The maximum Gasteiger partial charge on any atom is 0.414 e. The molecule has 0 bridgehead atoms. The first kappa shape index (κ1) is 26.2. The molecular weight excluding hydrogens is 485 g/mol. The molecule has 1 aliphatic rings. The minimum Gasteiger partial charge on any atom is -0.383 e. The van der Waals surface area contributed by atoms with E-state index in [4.69, 9.17) is 5.26 Å². The molecule has 10 heteroatoms. The average molecular weight is 513 g/mol. The van der Waals surface area contributed by atoms with Gasteiger partial charge in [-0.15, -0.1) is 0 Å². The zero-order chi connectivity index (χ0) is 26.9. The van der Waals surface area contributed by atoms with Gasteiger partial charge in [-0.3, -0.25) is 9.59 Å². The van der Waals surface area contributed by atoms with Gasteiger partial charge in [0, 0.05) is 48.5 Å². The second-order valence-electron chi connectivity index (χ2n) is 9.39. The molecule has 0 spiro atoms. The van der Waals surface area contributed by atoms with Crippen molar-refractivity contribution in [2.45, 2.75) is 44.4 Å². The molecule has 1 saturated heterocycles. The zero-order valence-electron chi connectivity index (χ0n) is 20.5. The summed E-state index contributed by atoms with van der Waals surface area (Å²) >= 11 is 0. The Bertz CT molecular complexity index is 1380. The van der Waals surface area contributed by atoms with E-state index in [0.717, 1.165) is 22.0 Å². The summed E-state index contributed by atoms with van der Waals surface area (Å²) < 4.78 is 39.9. The van der Waals surface area contributed by atoms with Crippen molar-refractivity contribution in [3.63, 3.8) is 0 Å². The average Bonchev–Trinajstić information content (AvgIpc) is 3.22. The van der Waals surface area contributed by atoms with Crippen LogP contribution >= 0.6 is 0 Å². The van der Waals surface area contributed by atoms with Crippen molar-refractivity contribution in [1.29, 1.82) is 5.26 Å². The summed E-state index contributed by atoms with van der Waals surface area (Å²) in [6.07, 6.45) is -5.28. The highest BCUT2D eigenvalue weighted by atomic mass is 19.4. The van der Waals surface area contributed by atoms with Crippen molar-refractivity contribution in [3.8, 4) is 6.07 Å². The number of piperidine rings is 1. The van der Waals surface area contributed by atoms with Crippen LogP contribution in [-0.4, -0.2) is 51.8 Å². The molecule has 37 heavy (non-hydrogen) atoms. The fourth-order valence-electron chi connectivity index (χ4n) is 4.92. The third kappa shape index (κ3) is 5.47. The van der Waals surface area contributed by atoms with Gasteiger partial charge in [0.05, 0.1) is 18.1 Å². The molecule has 194 valence electrons. The predicted molar refractivity (Wildman–Crippen MR) is 132 cm³/mol. The molecule has 2 heterocycles. The van der Waals surface area contributed by atoms with E-state index in [1.165, 1.54) is 11.0 Å². The number of aliphatic hydroxyl groups is 1. The molecule has 0 radical (unpaired) electrons. The first-order chi connectivity index (χ1) is 17.5. The van der Waals surface area contributed by atoms with E-state index < -0.39 is 24.6 Å². The van der Waals surface area contributed by atoms with Crippen LogP contribution in [0.2, 0.25) is 0 Å². The molecule has 2 N–H and O–H groups in total. The SMILES string of the molecule is Cc1c(NC(=O)c2cccc(C#N)c2)ccc2c1c(C1CCN(C(=O)C[C@@H](O)C(F)(F)F)CC1)cn2C. The number of likely N-dealkylation sites (tertiary alicyclic amines) is 1. The Morgan fingerprint density at radius 1 is 1.22 bits per heavy atom. The van der Waals surface area contributed by atoms with Crippen molar-refractivity contribution < 1.29 is 27.9 Å². The van der Waals surface area contributed by atoms with E-state index >= 15 is 0 Å². The highest BCUT2D eigenvalue weighted by Gasteiger charge is 2.40. The number of aryl methyl sites for hydroxylation is 2. The summed E-state index contributed by atoms with van der Waals surface area (Å²) in [6, 6.07) is 12.2. The van der Waals surface area contributed by atoms with E-state index in [-0.39, 0.29) is 11.8 Å². The van der Waals surface area contributed by atoms with E-state index in [0.29, 0.717) is 42.7 Å². The third-order valence-electron chi connectivity index (χ3n) is 6.98. The Kier molecular flexibility index (Phi) is 7.28. The van der Waals surface area contributed by atoms with E-state index in [1.54, 1.807) is 18.2 Å². The van der Waals surface area contributed by atoms with E-state index in [2.05, 4.69) is 5.32 Å². The molecule has 0 aliphatic carbocycles. The summed E-state index contributed by atoms with van der Waals surface area (Å²) in [6.45, 7) is 2.52. The minimum absolute atomic E-state index is 0.0808. The fourth-order valence-corrected chi connectivity index (χ4v) is 4.92. The molecule has 4 rings (SSSR count). The van der Waals surface area contributed by atoms with Crippen LogP contribution in [0.5, 0.6) is 0 Å². The number of nitrogens with zero attached hydrogens (tertiary/aromatic N) is 3. The lowest BCUT2D eigenvalue weighted by atomic mass is 9.87. The monoisotopic (exact) mass is 512 g/mol. The largest absolute Gasteiger partial charge is 0.414 e. The Morgan fingerprint density at radius 2 is 1.92 bits per heavy atom. The Labute approximate surface area is 212 Å². The molecule has 1 fully saturated rings. The van der Waals surface area contributed by atoms with Crippen LogP contribution in [-0.2, 0) is 11.8 Å². The second-order valence-corrected chi connectivity index (χ2v) is 9.39. The number of alkyl halides is 3. The van der Waals surface area contributed by atoms with Crippen molar-refractivity contribution in [2.24, 2.45) is 7.05 Å². The van der Waals surface area contributed by atoms with Gasteiger partial charge in [0.1, 0.15) is 0 Å². The lowest BCUT2D eigenvalue weighted by Crippen LogP contribution is -2.41. The van der Waals surface area contributed by atoms with Crippen LogP contribution < -0.4 is 5.32 Å². The molecule has 7 nitrogen and oxygen atoms in total. The maximum absolute atomic E-state index is 12.8. The maximum atomic E-state index is 12.8. The van der Waals surface area contributed by atoms with Crippen molar-refractivity contribution in [2.75, 3.05) is 18.4 Å². The Balaban J connectivity index is 1.53. The van der Waals surface area contributed by atoms with E-state index in [1.807, 2.05) is 42.9 Å². The highest BCUT2D eigenvalue weighted by molar-refractivity contribution is 6.06. The summed E-state index contributed by atoms with van der Waals surface area (Å²) in [5.74, 6) is -0.954. The number of carbonyl (C=O) groups is 2. The molecular formula is C27H27F3N4O3. The highest BCUT2D eigenvalue weighted by Crippen LogP contribution is 2.38. The quantitative estimate of drug-likeness (QED) is 0.521. The van der Waals surface area contributed by atoms with Gasteiger partial charge in [0.15, 0.2) is 6.10 Å². The van der Waals surface area contributed by atoms with Gasteiger partial charge in [-0.2, -0.15) is 18.4 Å². The number of hydrogen-bond donors (Lipinski definition) is 2. The summed E-state index contributed by atoms with van der Waals surface area (Å²) in [7, 11) is 1.92. The molecule has 2 amide bonds. The number of aromatic nitrogens is 1. The summed E-state index contributed by atoms with van der Waals surface area (Å²) in [4.78, 5) is 26.5. The summed E-state index contributed by atoms with van der Waals surface area (Å²) in [5.41, 5.74) is 4.32. The normalized spacial score (nSPS) is 15.4. The topological polar surface area (TPSA) is 98.4 Å². The number of carbonyl (C=O) groups excluding carboxylic acids is 2. The van der Waals surface area contributed by atoms with Gasteiger partial charge in [-0.25, -0.2) is 0 Å². The molecule has 1 aliphatic heterocycles. The molecule has 0 saturated carbocycles. The number of rotatable bonds is 5. The number of nitrogens with one attached hydrogen (secondary N) is 1. The van der Waals surface area contributed by atoms with Crippen LogP contribution in [0.15, 0.2) is 42.6 Å². The van der Waals surface area contributed by atoms with Gasteiger partial charge in [-0.1, -0.05) is 6.07 Å². The van der Waals surface area contributed by atoms with Gasteiger partial charge >= 0.3 is 6.18 Å². The van der Waals surface area contributed by atoms with Gasteiger partial charge < -0.3 is 19.9 Å². The summed E-state index contributed by atoms with van der Waals surface area (Å²) in [5, 5.41) is 22.3. The van der Waals surface area contributed by atoms with Crippen LogP contribution in [0.1, 0.15) is 52.2 Å². The number of benzene rings is 2. The molecule has 0 unspecified atom stereocenters. The van der Waals surface area contributed by atoms with E-state index in [9.17, 15) is 27.9 Å². The number of hydrogen-bond acceptors (Lipinski definition) is 4. The number of fused-ring (bicyclic) bond motifs is 1.